The molecular weight excluding hydrogens is 276 g/mol. The van der Waals surface area contributed by atoms with Crippen molar-refractivity contribution in [2.75, 3.05) is 18.9 Å². The topological polar surface area (TPSA) is 185 Å². The minimum Gasteiger partial charge on any atom is -0.394 e. The molecule has 0 saturated heterocycles. The SMILES string of the molecule is Nc1nc2c(ncn2COCCO)c(=O)[nH]1.O=[N+]([O-])[O-]. The van der Waals surface area contributed by atoms with Crippen molar-refractivity contribution in [1.29, 1.82) is 0 Å². The number of aromatic amines is 1. The van der Waals surface area contributed by atoms with Crippen LogP contribution in [-0.4, -0.2) is 42.9 Å². The molecule has 12 nitrogen and oxygen atoms in total. The number of ether oxygens (including phenoxy) is 1. The first-order chi connectivity index (χ1) is 9.45. The minimum atomic E-state index is -1.75. The second-order valence-electron chi connectivity index (χ2n) is 3.32. The van der Waals surface area contributed by atoms with Gasteiger partial charge in [0.25, 0.3) is 5.56 Å². The zero-order valence-electron chi connectivity index (χ0n) is 10.1. The van der Waals surface area contributed by atoms with Crippen LogP contribution in [-0.2, 0) is 11.5 Å². The molecule has 2 aromatic heterocycles. The number of rotatable bonds is 4. The molecule has 0 spiro atoms. The van der Waals surface area contributed by atoms with Gasteiger partial charge in [-0.3, -0.25) is 14.3 Å². The fourth-order valence-electron chi connectivity index (χ4n) is 1.29. The highest BCUT2D eigenvalue weighted by Crippen LogP contribution is 2.05. The van der Waals surface area contributed by atoms with Crippen LogP contribution in [0.15, 0.2) is 11.1 Å². The number of hydrogen-bond acceptors (Lipinski definition) is 9. The third kappa shape index (κ3) is 4.18. The maximum Gasteiger partial charge on any atom is 0.280 e. The van der Waals surface area contributed by atoms with E-state index in [0.717, 1.165) is 0 Å². The molecule has 0 bridgehead atoms. The number of H-pyrrole nitrogens is 1. The number of aliphatic hydroxyl groups excluding tert-OH is 1. The van der Waals surface area contributed by atoms with Crippen molar-refractivity contribution >= 4 is 17.1 Å². The highest BCUT2D eigenvalue weighted by Gasteiger charge is 2.08. The molecule has 20 heavy (non-hydrogen) atoms. The maximum absolute atomic E-state index is 11.4. The van der Waals surface area contributed by atoms with Crippen molar-refractivity contribution in [3.8, 4) is 0 Å². The average molecular weight is 287 g/mol. The molecule has 2 aromatic rings. The molecule has 2 rings (SSSR count). The van der Waals surface area contributed by atoms with E-state index in [9.17, 15) is 4.79 Å². The molecule has 0 radical (unpaired) electrons. The Morgan fingerprint density at radius 1 is 1.55 bits per heavy atom. The number of nitrogens with zero attached hydrogens (tertiary/aromatic N) is 4. The van der Waals surface area contributed by atoms with E-state index in [4.69, 9.17) is 30.9 Å². The van der Waals surface area contributed by atoms with Crippen LogP contribution in [0.5, 0.6) is 0 Å². The van der Waals surface area contributed by atoms with Crippen molar-refractivity contribution < 1.29 is 14.9 Å². The molecule has 0 saturated carbocycles. The summed E-state index contributed by atoms with van der Waals surface area (Å²) >= 11 is 0. The van der Waals surface area contributed by atoms with Gasteiger partial charge < -0.3 is 30.9 Å². The highest BCUT2D eigenvalue weighted by atomic mass is 16.9. The second-order valence-corrected chi connectivity index (χ2v) is 3.32. The van der Waals surface area contributed by atoms with E-state index < -0.39 is 5.09 Å². The van der Waals surface area contributed by atoms with E-state index >= 15 is 0 Å². The van der Waals surface area contributed by atoms with Gasteiger partial charge in [0.1, 0.15) is 6.73 Å². The van der Waals surface area contributed by atoms with Gasteiger partial charge in [-0.15, -0.1) is 0 Å². The third-order valence-corrected chi connectivity index (χ3v) is 1.96. The van der Waals surface area contributed by atoms with E-state index in [1.54, 1.807) is 0 Å². The summed E-state index contributed by atoms with van der Waals surface area (Å²) in [4.78, 5) is 29.9. The summed E-state index contributed by atoms with van der Waals surface area (Å²) in [7, 11) is 0. The second kappa shape index (κ2) is 7.01. The van der Waals surface area contributed by atoms with E-state index in [0.29, 0.717) is 5.65 Å². The lowest BCUT2D eigenvalue weighted by Gasteiger charge is -2.03. The van der Waals surface area contributed by atoms with Crippen LogP contribution in [0.4, 0.5) is 5.95 Å². The molecule has 110 valence electrons. The molecule has 2 heterocycles. The summed E-state index contributed by atoms with van der Waals surface area (Å²) in [5.74, 6) is 0.0291. The summed E-state index contributed by atoms with van der Waals surface area (Å²) in [5, 5.41) is 23.3. The van der Waals surface area contributed by atoms with Crippen LogP contribution in [0.3, 0.4) is 0 Å². The van der Waals surface area contributed by atoms with Gasteiger partial charge >= 0.3 is 0 Å². The van der Waals surface area contributed by atoms with Crippen LogP contribution in [0.1, 0.15) is 0 Å². The lowest BCUT2D eigenvalue weighted by atomic mass is 10.5. The molecule has 0 aliphatic heterocycles. The first-order valence-electron chi connectivity index (χ1n) is 5.16. The number of hydrogen-bond donors (Lipinski definition) is 3. The van der Waals surface area contributed by atoms with E-state index in [-0.39, 0.29) is 37.0 Å². The Bertz CT molecular complexity index is 632. The van der Waals surface area contributed by atoms with Gasteiger partial charge in [0.15, 0.2) is 11.2 Å². The zero-order chi connectivity index (χ0) is 15.1. The van der Waals surface area contributed by atoms with Crippen LogP contribution >= 0.6 is 0 Å². The van der Waals surface area contributed by atoms with Gasteiger partial charge in [-0.1, -0.05) is 0 Å². The fraction of sp³-hybridized carbons (Fsp3) is 0.375. The summed E-state index contributed by atoms with van der Waals surface area (Å²) in [6, 6.07) is 0. The number of aliphatic hydroxyl groups is 1. The summed E-state index contributed by atoms with van der Waals surface area (Å²) in [5.41, 5.74) is 5.60. The van der Waals surface area contributed by atoms with Crippen molar-refractivity contribution in [1.82, 2.24) is 19.5 Å². The van der Waals surface area contributed by atoms with Gasteiger partial charge in [-0.25, -0.2) is 4.98 Å². The predicted molar refractivity (Wildman–Crippen MR) is 66.0 cm³/mol. The van der Waals surface area contributed by atoms with Gasteiger partial charge in [0, 0.05) is 0 Å². The van der Waals surface area contributed by atoms with E-state index in [1.807, 2.05) is 0 Å². The first-order valence-corrected chi connectivity index (χ1v) is 5.16. The number of anilines is 1. The number of nitrogen functional groups attached to an aromatic ring is 1. The van der Waals surface area contributed by atoms with E-state index in [1.165, 1.54) is 10.9 Å². The van der Waals surface area contributed by atoms with Crippen molar-refractivity contribution in [2.24, 2.45) is 0 Å². The number of imidazole rings is 1. The monoisotopic (exact) mass is 287 g/mol. The average Bonchev–Trinajstić information content (AvgIpc) is 2.72. The quantitative estimate of drug-likeness (QED) is 0.339. The number of fused-ring (bicyclic) bond motifs is 1. The minimum absolute atomic E-state index is 0.0291. The number of nitrogens with two attached hydrogens (primary N) is 1. The number of nitrogens with one attached hydrogen (secondary N) is 1. The Labute approximate surface area is 110 Å². The Hall–Kier alpha value is -2.73. The Balaban J connectivity index is 0.000000444. The van der Waals surface area contributed by atoms with Crippen LogP contribution in [0.25, 0.3) is 11.2 Å². The van der Waals surface area contributed by atoms with E-state index in [2.05, 4.69) is 15.0 Å². The van der Waals surface area contributed by atoms with Crippen LogP contribution in [0.2, 0.25) is 0 Å². The molecular formula is C8H11N6O6-. The first kappa shape index (κ1) is 15.3. The van der Waals surface area contributed by atoms with Crippen LogP contribution in [0, 0.1) is 15.3 Å². The van der Waals surface area contributed by atoms with Crippen LogP contribution < -0.4 is 11.3 Å². The lowest BCUT2D eigenvalue weighted by Crippen LogP contribution is -2.13. The molecule has 0 aromatic carbocycles. The lowest BCUT2D eigenvalue weighted by molar-refractivity contribution is -0.402. The maximum atomic E-state index is 11.4. The molecule has 0 fully saturated rings. The zero-order valence-corrected chi connectivity index (χ0v) is 10.1. The van der Waals surface area contributed by atoms with Crippen molar-refractivity contribution in [3.05, 3.63) is 32.0 Å². The standard InChI is InChI=1S/C8H11N5O3.NO3/c9-8-11-6-5(7(15)12-8)10-3-13(6)4-16-2-1-14;2-1(3)4/h3,14H,1-2,4H2,(H3,9,11,12,15);/q;-1. The summed E-state index contributed by atoms with van der Waals surface area (Å²) in [6.07, 6.45) is 1.43. The predicted octanol–water partition coefficient (Wildman–Crippen LogP) is -1.57. The molecule has 0 aliphatic carbocycles. The fourth-order valence-corrected chi connectivity index (χ4v) is 1.29. The summed E-state index contributed by atoms with van der Waals surface area (Å²) in [6.45, 7) is 0.300. The van der Waals surface area contributed by atoms with Gasteiger partial charge in [-0.05, 0) is 0 Å². The van der Waals surface area contributed by atoms with Gasteiger partial charge in [0.2, 0.25) is 5.95 Å². The van der Waals surface area contributed by atoms with Crippen molar-refractivity contribution in [3.63, 3.8) is 0 Å². The molecule has 0 unspecified atom stereocenters. The van der Waals surface area contributed by atoms with Crippen molar-refractivity contribution in [2.45, 2.75) is 6.73 Å². The molecule has 0 atom stereocenters. The molecule has 12 heteroatoms. The highest BCUT2D eigenvalue weighted by molar-refractivity contribution is 5.70. The van der Waals surface area contributed by atoms with Gasteiger partial charge in [0.05, 0.1) is 24.6 Å². The normalized spacial score (nSPS) is 10.1. The Kier molecular flexibility index (Phi) is 5.37. The third-order valence-electron chi connectivity index (χ3n) is 1.96. The number of aromatic nitrogens is 4. The summed E-state index contributed by atoms with van der Waals surface area (Å²) < 4.78 is 6.63. The molecule has 0 amide bonds. The molecule has 0 aliphatic rings. The molecule has 4 N–H and O–H groups in total. The largest absolute Gasteiger partial charge is 0.394 e. The van der Waals surface area contributed by atoms with Gasteiger partial charge in [-0.2, -0.15) is 4.98 Å². The smallest absolute Gasteiger partial charge is 0.280 e. The Morgan fingerprint density at radius 3 is 2.80 bits per heavy atom. The Morgan fingerprint density at radius 2 is 2.20 bits per heavy atom.